The zero-order valence-electron chi connectivity index (χ0n) is 21.0. The van der Waals surface area contributed by atoms with Crippen LogP contribution in [-0.2, 0) is 10.2 Å². The minimum absolute atomic E-state index is 0.0503. The maximum absolute atomic E-state index is 12.9. The van der Waals surface area contributed by atoms with Crippen LogP contribution in [0.15, 0.2) is 59.1 Å². The Balaban J connectivity index is 1.45. The average Bonchev–Trinajstić information content (AvgIpc) is 3.36. The molecule has 0 unspecified atom stereocenters. The second-order valence-corrected chi connectivity index (χ2v) is 9.78. The number of carbonyl (C=O) groups is 1. The van der Waals surface area contributed by atoms with Crippen molar-refractivity contribution < 1.29 is 18.8 Å². The fourth-order valence-corrected chi connectivity index (χ4v) is 4.23. The standard InChI is InChI=1S/C28H35N3O4/c1-5-34-23-12-8-21(9-13-23)26-18-24(30-35-26)27(32)29-19-25(31-14-16-33-17-15-31)20-6-10-22(11-7-20)28(2,3)4/h6-13,18,25H,5,14-17,19H2,1-4H3,(H,29,32)/t25-/m0/s1. The van der Waals surface area contributed by atoms with Crippen LogP contribution in [0.1, 0.15) is 55.4 Å². The van der Waals surface area contributed by atoms with Crippen molar-refractivity contribution in [3.8, 4) is 17.1 Å². The second-order valence-electron chi connectivity index (χ2n) is 9.78. The van der Waals surface area contributed by atoms with Gasteiger partial charge in [0.1, 0.15) is 5.75 Å². The first-order valence-corrected chi connectivity index (χ1v) is 12.3. The second kappa shape index (κ2) is 11.1. The lowest BCUT2D eigenvalue weighted by Crippen LogP contribution is -2.43. The third kappa shape index (κ3) is 6.29. The summed E-state index contributed by atoms with van der Waals surface area (Å²) in [7, 11) is 0. The number of aromatic nitrogens is 1. The molecule has 1 fully saturated rings. The maximum atomic E-state index is 12.9. The highest BCUT2D eigenvalue weighted by Gasteiger charge is 2.25. The van der Waals surface area contributed by atoms with Gasteiger partial charge < -0.3 is 19.3 Å². The minimum Gasteiger partial charge on any atom is -0.494 e. The number of amides is 1. The summed E-state index contributed by atoms with van der Waals surface area (Å²) in [5, 5.41) is 7.07. The van der Waals surface area contributed by atoms with Crippen LogP contribution in [0.4, 0.5) is 0 Å². The monoisotopic (exact) mass is 477 g/mol. The van der Waals surface area contributed by atoms with Crippen molar-refractivity contribution in [2.24, 2.45) is 0 Å². The smallest absolute Gasteiger partial charge is 0.273 e. The van der Waals surface area contributed by atoms with Crippen LogP contribution in [0.2, 0.25) is 0 Å². The van der Waals surface area contributed by atoms with Crippen molar-refractivity contribution >= 4 is 5.91 Å². The van der Waals surface area contributed by atoms with Crippen molar-refractivity contribution in [2.75, 3.05) is 39.5 Å². The molecule has 1 aliphatic rings. The molecule has 2 aromatic carbocycles. The number of morpholine rings is 1. The van der Waals surface area contributed by atoms with E-state index >= 15 is 0 Å². The molecule has 1 atom stereocenters. The lowest BCUT2D eigenvalue weighted by molar-refractivity contribution is 0.0162. The SMILES string of the molecule is CCOc1ccc(-c2cc(C(=O)NC[C@@H](c3ccc(C(C)(C)C)cc3)N3CCOCC3)no2)cc1. The molecule has 1 aliphatic heterocycles. The van der Waals surface area contributed by atoms with Crippen molar-refractivity contribution in [1.29, 1.82) is 0 Å². The minimum atomic E-state index is -0.254. The Labute approximate surface area is 207 Å². The number of benzene rings is 2. The van der Waals surface area contributed by atoms with E-state index < -0.39 is 0 Å². The Hall–Kier alpha value is -3.16. The third-order valence-electron chi connectivity index (χ3n) is 6.30. The fourth-order valence-electron chi connectivity index (χ4n) is 4.23. The molecule has 0 saturated carbocycles. The summed E-state index contributed by atoms with van der Waals surface area (Å²) in [6, 6.07) is 18.0. The van der Waals surface area contributed by atoms with Crippen molar-refractivity contribution in [3.05, 3.63) is 71.4 Å². The van der Waals surface area contributed by atoms with Crippen molar-refractivity contribution in [3.63, 3.8) is 0 Å². The van der Waals surface area contributed by atoms with Crippen LogP contribution in [0, 0.1) is 0 Å². The predicted octanol–water partition coefficient (Wildman–Crippen LogP) is 4.84. The molecule has 1 aromatic heterocycles. The van der Waals surface area contributed by atoms with E-state index in [1.165, 1.54) is 11.1 Å². The molecule has 1 saturated heterocycles. The number of nitrogens with zero attached hydrogens (tertiary/aromatic N) is 2. The number of carbonyl (C=O) groups excluding carboxylic acids is 1. The highest BCUT2D eigenvalue weighted by atomic mass is 16.5. The van der Waals surface area contributed by atoms with E-state index in [0.29, 0.717) is 32.1 Å². The summed E-state index contributed by atoms with van der Waals surface area (Å²) in [5.74, 6) is 1.08. The van der Waals surface area contributed by atoms with Crippen molar-refractivity contribution in [2.45, 2.75) is 39.2 Å². The van der Waals surface area contributed by atoms with Gasteiger partial charge in [0.15, 0.2) is 11.5 Å². The molecule has 7 heteroatoms. The topological polar surface area (TPSA) is 76.8 Å². The highest BCUT2D eigenvalue weighted by Crippen LogP contribution is 2.27. The lowest BCUT2D eigenvalue weighted by Gasteiger charge is -2.35. The van der Waals surface area contributed by atoms with Gasteiger partial charge in [-0.1, -0.05) is 50.2 Å². The van der Waals surface area contributed by atoms with Crippen LogP contribution in [0.5, 0.6) is 5.75 Å². The van der Waals surface area contributed by atoms with Gasteiger partial charge in [0.05, 0.1) is 25.9 Å². The molecule has 0 spiro atoms. The van der Waals surface area contributed by atoms with E-state index in [9.17, 15) is 4.79 Å². The fraction of sp³-hybridized carbons (Fsp3) is 0.429. The highest BCUT2D eigenvalue weighted by molar-refractivity contribution is 5.93. The van der Waals surface area contributed by atoms with Gasteiger partial charge in [-0.3, -0.25) is 9.69 Å². The summed E-state index contributed by atoms with van der Waals surface area (Å²) < 4.78 is 16.5. The van der Waals surface area contributed by atoms with Gasteiger partial charge in [0, 0.05) is 31.3 Å². The van der Waals surface area contributed by atoms with Gasteiger partial charge in [-0.25, -0.2) is 0 Å². The molecule has 7 nitrogen and oxygen atoms in total. The summed E-state index contributed by atoms with van der Waals surface area (Å²) in [6.45, 7) is 12.7. The average molecular weight is 478 g/mol. The molecule has 35 heavy (non-hydrogen) atoms. The van der Waals surface area contributed by atoms with Gasteiger partial charge in [0.2, 0.25) is 0 Å². The molecule has 2 heterocycles. The van der Waals surface area contributed by atoms with Gasteiger partial charge in [-0.15, -0.1) is 0 Å². The summed E-state index contributed by atoms with van der Waals surface area (Å²) in [4.78, 5) is 15.3. The lowest BCUT2D eigenvalue weighted by atomic mass is 9.86. The molecule has 4 rings (SSSR count). The molecular formula is C28H35N3O4. The molecule has 1 N–H and O–H groups in total. The first-order chi connectivity index (χ1) is 16.8. The number of hydrogen-bond acceptors (Lipinski definition) is 6. The Bertz CT molecular complexity index is 1090. The summed E-state index contributed by atoms with van der Waals surface area (Å²) in [5.41, 5.74) is 3.66. The Morgan fingerprint density at radius 1 is 1.09 bits per heavy atom. The number of ether oxygens (including phenoxy) is 2. The van der Waals surface area contributed by atoms with Crippen molar-refractivity contribution in [1.82, 2.24) is 15.4 Å². The first kappa shape index (κ1) is 24.9. The van der Waals surface area contributed by atoms with E-state index in [-0.39, 0.29) is 23.1 Å². The molecular weight excluding hydrogens is 442 g/mol. The van der Waals surface area contributed by atoms with Crippen LogP contribution >= 0.6 is 0 Å². The Morgan fingerprint density at radius 2 is 1.77 bits per heavy atom. The van der Waals surface area contributed by atoms with E-state index in [1.807, 2.05) is 31.2 Å². The quantitative estimate of drug-likeness (QED) is 0.500. The summed E-state index contributed by atoms with van der Waals surface area (Å²) in [6.07, 6.45) is 0. The predicted molar refractivity (Wildman–Crippen MR) is 136 cm³/mol. The number of nitrogens with one attached hydrogen (secondary N) is 1. The normalized spacial score (nSPS) is 15.5. The molecule has 0 aliphatic carbocycles. The van der Waals surface area contributed by atoms with Crippen LogP contribution in [0.25, 0.3) is 11.3 Å². The van der Waals surface area contributed by atoms with E-state index in [1.54, 1.807) is 6.07 Å². The molecule has 3 aromatic rings. The molecule has 186 valence electrons. The Morgan fingerprint density at radius 3 is 2.40 bits per heavy atom. The molecule has 0 radical (unpaired) electrons. The maximum Gasteiger partial charge on any atom is 0.273 e. The third-order valence-corrected chi connectivity index (χ3v) is 6.30. The van der Waals surface area contributed by atoms with E-state index in [0.717, 1.165) is 24.4 Å². The van der Waals surface area contributed by atoms with Gasteiger partial charge in [0.25, 0.3) is 5.91 Å². The zero-order chi connectivity index (χ0) is 24.8. The van der Waals surface area contributed by atoms with E-state index in [2.05, 4.69) is 60.4 Å². The summed E-state index contributed by atoms with van der Waals surface area (Å²) >= 11 is 0. The number of hydrogen-bond donors (Lipinski definition) is 1. The van der Waals surface area contributed by atoms with Crippen LogP contribution in [-0.4, -0.2) is 55.4 Å². The Kier molecular flexibility index (Phi) is 7.88. The van der Waals surface area contributed by atoms with Gasteiger partial charge in [-0.2, -0.15) is 0 Å². The van der Waals surface area contributed by atoms with Gasteiger partial charge in [-0.05, 0) is 47.7 Å². The molecule has 1 amide bonds. The van der Waals surface area contributed by atoms with Crippen LogP contribution in [0.3, 0.4) is 0 Å². The molecule has 0 bridgehead atoms. The largest absolute Gasteiger partial charge is 0.494 e. The first-order valence-electron chi connectivity index (χ1n) is 12.3. The van der Waals surface area contributed by atoms with Gasteiger partial charge >= 0.3 is 0 Å². The number of rotatable bonds is 8. The van der Waals surface area contributed by atoms with E-state index in [4.69, 9.17) is 14.0 Å². The zero-order valence-corrected chi connectivity index (χ0v) is 21.0. The van der Waals surface area contributed by atoms with Crippen LogP contribution < -0.4 is 10.1 Å².